The summed E-state index contributed by atoms with van der Waals surface area (Å²) in [6, 6.07) is 19.5. The summed E-state index contributed by atoms with van der Waals surface area (Å²) in [4.78, 5) is 27.0. The smallest absolute Gasteiger partial charge is 0.264 e. The van der Waals surface area contributed by atoms with Crippen LogP contribution in [0.15, 0.2) is 60.8 Å². The van der Waals surface area contributed by atoms with Gasteiger partial charge in [-0.2, -0.15) is 0 Å². The number of halogens is 1. The van der Waals surface area contributed by atoms with Crippen molar-refractivity contribution in [1.82, 2.24) is 25.2 Å². The van der Waals surface area contributed by atoms with Crippen LogP contribution >= 0.6 is 11.6 Å². The van der Waals surface area contributed by atoms with Gasteiger partial charge in [0.1, 0.15) is 0 Å². The van der Waals surface area contributed by atoms with E-state index in [1.165, 1.54) is 0 Å². The number of hydrogen-bond donors (Lipinski definition) is 4. The Labute approximate surface area is 221 Å². The lowest BCUT2D eigenvalue weighted by Gasteiger charge is -2.12. The van der Waals surface area contributed by atoms with Crippen LogP contribution in [0.2, 0.25) is 5.02 Å². The van der Waals surface area contributed by atoms with Crippen LogP contribution in [0.25, 0.3) is 22.6 Å². The molecule has 5 N–H and O–H groups in total. The zero-order valence-corrected chi connectivity index (χ0v) is 21.6. The van der Waals surface area contributed by atoms with Crippen molar-refractivity contribution < 1.29 is 4.79 Å². The minimum atomic E-state index is -0.357. The van der Waals surface area contributed by atoms with Crippen molar-refractivity contribution in [3.63, 3.8) is 0 Å². The molecule has 2 aromatic heterocycles. The monoisotopic (exact) mass is 513 g/mol. The molecule has 0 radical (unpaired) electrons. The van der Waals surface area contributed by atoms with Gasteiger partial charge >= 0.3 is 0 Å². The van der Waals surface area contributed by atoms with Gasteiger partial charge in [0.05, 0.1) is 22.6 Å². The van der Waals surface area contributed by atoms with Crippen molar-refractivity contribution in [3.8, 4) is 34.6 Å². The fourth-order valence-electron chi connectivity index (χ4n) is 3.75. The maximum Gasteiger partial charge on any atom is 0.264 e. The van der Waals surface area contributed by atoms with E-state index in [-0.39, 0.29) is 11.9 Å². The lowest BCUT2D eigenvalue weighted by molar-refractivity contribution is 0.0974. The van der Waals surface area contributed by atoms with Crippen LogP contribution < -0.4 is 16.4 Å². The number of nitrogen functional groups attached to an aromatic ring is 1. The molecule has 37 heavy (non-hydrogen) atoms. The molecule has 1 amide bonds. The Morgan fingerprint density at radius 2 is 1.97 bits per heavy atom. The molecular formula is C28H28ClN7O. The molecule has 0 atom stereocenters. The number of anilines is 2. The number of nitrogens with one attached hydrogen (secondary N) is 3. The minimum Gasteiger partial charge on any atom is -0.383 e. The van der Waals surface area contributed by atoms with Gasteiger partial charge in [-0.3, -0.25) is 10.1 Å². The average molecular weight is 514 g/mol. The molecule has 9 heteroatoms. The van der Waals surface area contributed by atoms with Gasteiger partial charge < -0.3 is 20.9 Å². The van der Waals surface area contributed by atoms with Gasteiger partial charge in [-0.05, 0) is 68.9 Å². The Morgan fingerprint density at radius 1 is 1.16 bits per heavy atom. The van der Waals surface area contributed by atoms with Crippen LogP contribution in [-0.4, -0.2) is 52.9 Å². The summed E-state index contributed by atoms with van der Waals surface area (Å²) in [6.45, 7) is 3.62. The topological polar surface area (TPSA) is 112 Å². The lowest BCUT2D eigenvalue weighted by Crippen LogP contribution is -2.21. The normalized spacial score (nSPS) is 10.6. The molecule has 2 heterocycles. The Balaban J connectivity index is 1.64. The highest BCUT2D eigenvalue weighted by atomic mass is 35.5. The number of aryl methyl sites for hydroxylation is 1. The number of aromatic nitrogens is 3. The van der Waals surface area contributed by atoms with Gasteiger partial charge in [-0.15, -0.1) is 0 Å². The Morgan fingerprint density at radius 3 is 2.76 bits per heavy atom. The van der Waals surface area contributed by atoms with Crippen molar-refractivity contribution in [3.05, 3.63) is 82.5 Å². The molecule has 0 bridgehead atoms. The van der Waals surface area contributed by atoms with Gasteiger partial charge in [0, 0.05) is 47.2 Å². The minimum absolute atomic E-state index is 0.141. The van der Waals surface area contributed by atoms with Crippen LogP contribution in [0.4, 0.5) is 11.6 Å². The molecule has 4 aromatic rings. The van der Waals surface area contributed by atoms with Crippen LogP contribution in [-0.2, 0) is 0 Å². The fourth-order valence-corrected chi connectivity index (χ4v) is 3.93. The number of aromatic amines is 1. The first-order valence-corrected chi connectivity index (χ1v) is 12.1. The molecule has 0 aliphatic rings. The predicted octanol–water partition coefficient (Wildman–Crippen LogP) is 4.40. The van der Waals surface area contributed by atoms with Crippen LogP contribution in [0, 0.1) is 18.9 Å². The zero-order chi connectivity index (χ0) is 26.4. The Bertz CT molecular complexity index is 1480. The molecule has 0 fully saturated rings. The van der Waals surface area contributed by atoms with E-state index in [2.05, 4.69) is 42.5 Å². The van der Waals surface area contributed by atoms with Gasteiger partial charge in [-0.25, -0.2) is 9.97 Å². The van der Waals surface area contributed by atoms with E-state index < -0.39 is 0 Å². The molecule has 0 spiro atoms. The van der Waals surface area contributed by atoms with Crippen LogP contribution in [0.1, 0.15) is 21.5 Å². The molecule has 4 rings (SSSR count). The first-order chi connectivity index (χ1) is 17.8. The van der Waals surface area contributed by atoms with Crippen LogP contribution in [0.5, 0.6) is 0 Å². The van der Waals surface area contributed by atoms with Crippen LogP contribution in [0.3, 0.4) is 0 Å². The number of carbonyl (C=O) groups excluding carboxylic acids is 1. The third-order valence-electron chi connectivity index (χ3n) is 5.66. The second kappa shape index (κ2) is 11.6. The molecule has 0 aliphatic heterocycles. The van der Waals surface area contributed by atoms with Crippen molar-refractivity contribution >= 4 is 29.1 Å². The molecule has 8 nitrogen and oxygen atoms in total. The molecular weight excluding hydrogens is 486 g/mol. The molecule has 2 aromatic carbocycles. The second-order valence-corrected chi connectivity index (χ2v) is 9.15. The maximum atomic E-state index is 13.3. The standard InChI is InChI=1S/C28H28ClN7O/c1-18-8-9-20(29)16-21(18)26-22(17-25(34-26)24-11-13-33-28(30)35-24)27(37)32-12-10-19-6-4-5-7-23(19)31-14-15-36(2)3/h4-9,11,13,16-17,31,34H,14-15H2,1-3H3,(H,32,37)(H2,30,33,35). The fraction of sp³-hybridized carbons (Fsp3) is 0.179. The average Bonchev–Trinajstić information content (AvgIpc) is 3.32. The quantitative estimate of drug-likeness (QED) is 0.215. The highest BCUT2D eigenvalue weighted by Crippen LogP contribution is 2.32. The van der Waals surface area contributed by atoms with Gasteiger partial charge in [0.25, 0.3) is 5.91 Å². The molecule has 0 aliphatic carbocycles. The van der Waals surface area contributed by atoms with E-state index in [1.54, 1.807) is 18.3 Å². The number of amides is 1. The first-order valence-electron chi connectivity index (χ1n) is 11.7. The van der Waals surface area contributed by atoms with Gasteiger partial charge in [0.2, 0.25) is 5.95 Å². The maximum absolute atomic E-state index is 13.3. The number of likely N-dealkylation sites (N-methyl/N-ethyl adjacent to an activating group) is 1. The number of H-pyrrole nitrogens is 1. The highest BCUT2D eigenvalue weighted by Gasteiger charge is 2.19. The summed E-state index contributed by atoms with van der Waals surface area (Å²) >= 11 is 6.28. The number of nitrogens with two attached hydrogens (primary N) is 1. The molecule has 0 saturated carbocycles. The summed E-state index contributed by atoms with van der Waals surface area (Å²) in [5.41, 5.74) is 11.4. The predicted molar refractivity (Wildman–Crippen MR) is 149 cm³/mol. The Hall–Kier alpha value is -4.32. The van der Waals surface area contributed by atoms with Gasteiger partial charge in [0.15, 0.2) is 0 Å². The van der Waals surface area contributed by atoms with Gasteiger partial charge in [-0.1, -0.05) is 29.8 Å². The summed E-state index contributed by atoms with van der Waals surface area (Å²) in [6.07, 6.45) is 1.57. The van der Waals surface area contributed by atoms with E-state index >= 15 is 0 Å². The number of nitrogens with zero attached hydrogens (tertiary/aromatic N) is 3. The van der Waals surface area contributed by atoms with E-state index in [0.717, 1.165) is 35.5 Å². The summed E-state index contributed by atoms with van der Waals surface area (Å²) in [7, 11) is 4.04. The third-order valence-corrected chi connectivity index (χ3v) is 5.89. The highest BCUT2D eigenvalue weighted by molar-refractivity contribution is 6.31. The van der Waals surface area contributed by atoms with E-state index in [0.29, 0.717) is 27.7 Å². The van der Waals surface area contributed by atoms with E-state index in [1.807, 2.05) is 63.5 Å². The van der Waals surface area contributed by atoms with Crippen molar-refractivity contribution in [2.24, 2.45) is 0 Å². The van der Waals surface area contributed by atoms with Crippen molar-refractivity contribution in [1.29, 1.82) is 0 Å². The molecule has 0 saturated heterocycles. The van der Waals surface area contributed by atoms with E-state index in [9.17, 15) is 4.79 Å². The van der Waals surface area contributed by atoms with E-state index in [4.69, 9.17) is 17.3 Å². The Kier molecular flexibility index (Phi) is 8.08. The SMILES string of the molecule is Cc1ccc(Cl)cc1-c1[nH]c(-c2ccnc(N)n2)cc1C(=O)NC#Cc1ccccc1NCCN(C)C. The number of rotatable bonds is 7. The first kappa shape index (κ1) is 25.8. The number of benzene rings is 2. The van der Waals surface area contributed by atoms with Crippen molar-refractivity contribution in [2.45, 2.75) is 6.92 Å². The molecule has 188 valence electrons. The summed E-state index contributed by atoms with van der Waals surface area (Å²) in [5.74, 6) is 2.84. The summed E-state index contributed by atoms with van der Waals surface area (Å²) < 4.78 is 0. The number of hydrogen-bond acceptors (Lipinski definition) is 6. The largest absolute Gasteiger partial charge is 0.383 e. The number of carbonyl (C=O) groups is 1. The number of para-hydroxylation sites is 1. The zero-order valence-electron chi connectivity index (χ0n) is 20.9. The van der Waals surface area contributed by atoms with Crippen molar-refractivity contribution in [2.75, 3.05) is 38.2 Å². The second-order valence-electron chi connectivity index (χ2n) is 8.71. The summed E-state index contributed by atoms with van der Waals surface area (Å²) in [5, 5.41) is 6.67. The third kappa shape index (κ3) is 6.47. The lowest BCUT2D eigenvalue weighted by atomic mass is 10.0. The molecule has 0 unspecified atom stereocenters.